The number of ether oxygens (including phenoxy) is 2. The first-order chi connectivity index (χ1) is 23.8. The number of carbonyl (C=O) groups is 1. The van der Waals surface area contributed by atoms with Crippen LogP contribution in [0, 0.1) is 0 Å². The molecular weight excluding hydrogens is 644 g/mol. The van der Waals surface area contributed by atoms with Crippen LogP contribution in [0.5, 0.6) is 5.88 Å². The summed E-state index contributed by atoms with van der Waals surface area (Å²) in [7, 11) is 0. The largest absolute Gasteiger partial charge is 0.471 e. The van der Waals surface area contributed by atoms with Crippen molar-refractivity contribution in [1.82, 2.24) is 34.8 Å². The molecule has 2 aromatic carbocycles. The maximum atomic E-state index is 12.8. The zero-order valence-corrected chi connectivity index (χ0v) is 27.6. The van der Waals surface area contributed by atoms with Crippen LogP contribution in [-0.2, 0) is 17.9 Å². The van der Waals surface area contributed by atoms with Crippen molar-refractivity contribution >= 4 is 50.8 Å². The van der Waals surface area contributed by atoms with Gasteiger partial charge < -0.3 is 29.7 Å². The van der Waals surface area contributed by atoms with Gasteiger partial charge in [-0.25, -0.2) is 14.8 Å². The fraction of sp³-hybridized carbons (Fsp3) is 0.250. The summed E-state index contributed by atoms with van der Waals surface area (Å²) < 4.78 is 10.8. The average Bonchev–Trinajstić information content (AvgIpc) is 3.68. The number of fused-ring (bicyclic) bond motifs is 2. The molecule has 1 fully saturated rings. The van der Waals surface area contributed by atoms with Crippen LogP contribution < -0.4 is 15.7 Å². The van der Waals surface area contributed by atoms with Crippen molar-refractivity contribution in [2.24, 2.45) is 0 Å². The molecule has 2 aliphatic rings. The Balaban J connectivity index is 0.000000695. The highest BCUT2D eigenvalue weighted by Gasteiger charge is 2.17. The lowest BCUT2D eigenvalue weighted by Crippen LogP contribution is -2.28. The summed E-state index contributed by atoms with van der Waals surface area (Å²) in [4.78, 5) is 49.2. The second kappa shape index (κ2) is 14.4. The highest BCUT2D eigenvalue weighted by molar-refractivity contribution is 6.30. The van der Waals surface area contributed by atoms with E-state index in [4.69, 9.17) is 31.0 Å². The zero-order valence-electron chi connectivity index (χ0n) is 26.8. The number of hydrogen-bond donors (Lipinski definition) is 4. The molecule has 49 heavy (non-hydrogen) atoms. The van der Waals surface area contributed by atoms with Crippen LogP contribution in [0.2, 0.25) is 5.02 Å². The molecule has 0 radical (unpaired) electrons. The number of nitrogens with one attached hydrogen (secondary N) is 4. The molecule has 1 amide bonds. The number of aromatic nitrogens is 6. The van der Waals surface area contributed by atoms with Crippen molar-refractivity contribution in [1.29, 1.82) is 0 Å². The first-order valence-electron chi connectivity index (χ1n) is 16.1. The van der Waals surface area contributed by atoms with Gasteiger partial charge in [0.15, 0.2) is 0 Å². The van der Waals surface area contributed by atoms with Crippen molar-refractivity contribution in [3.63, 3.8) is 0 Å². The Morgan fingerprint density at radius 2 is 1.90 bits per heavy atom. The molecule has 6 heterocycles. The lowest BCUT2D eigenvalue weighted by molar-refractivity contribution is -0.0375. The van der Waals surface area contributed by atoms with Crippen molar-refractivity contribution < 1.29 is 14.3 Å². The van der Waals surface area contributed by atoms with Crippen LogP contribution in [0.1, 0.15) is 47.3 Å². The van der Waals surface area contributed by atoms with E-state index in [9.17, 15) is 9.59 Å². The van der Waals surface area contributed by atoms with Gasteiger partial charge in [-0.15, -0.1) is 0 Å². The Kier molecular flexibility index (Phi) is 9.51. The van der Waals surface area contributed by atoms with Crippen LogP contribution in [0.3, 0.4) is 0 Å². The average molecular weight is 679 g/mol. The summed E-state index contributed by atoms with van der Waals surface area (Å²) in [6.45, 7) is 5.69. The van der Waals surface area contributed by atoms with Crippen molar-refractivity contribution in [3.05, 3.63) is 117 Å². The van der Waals surface area contributed by atoms with Gasteiger partial charge in [-0.1, -0.05) is 23.7 Å². The number of nitrogens with zero attached hydrogens (tertiary/aromatic N) is 4. The number of amides is 1. The summed E-state index contributed by atoms with van der Waals surface area (Å²) >= 11 is 5.91. The van der Waals surface area contributed by atoms with Gasteiger partial charge in [0.2, 0.25) is 5.88 Å². The molecule has 0 bridgehead atoms. The van der Waals surface area contributed by atoms with Crippen LogP contribution >= 0.6 is 11.6 Å². The first kappa shape index (κ1) is 32.3. The third kappa shape index (κ3) is 8.06. The predicted molar refractivity (Wildman–Crippen MR) is 189 cm³/mol. The summed E-state index contributed by atoms with van der Waals surface area (Å²) in [6, 6.07) is 20.0. The van der Waals surface area contributed by atoms with Gasteiger partial charge in [-0.05, 0) is 79.9 Å². The second-order valence-electron chi connectivity index (χ2n) is 12.0. The molecule has 0 spiro atoms. The molecule has 13 heteroatoms. The molecule has 1 saturated heterocycles. The number of aromatic amines is 3. The number of hydrogen-bond acceptors (Lipinski definition) is 8. The van der Waals surface area contributed by atoms with E-state index in [1.165, 1.54) is 12.0 Å². The van der Waals surface area contributed by atoms with Crippen LogP contribution in [0.15, 0.2) is 83.8 Å². The van der Waals surface area contributed by atoms with E-state index < -0.39 is 0 Å². The maximum absolute atomic E-state index is 12.8. The quantitative estimate of drug-likeness (QED) is 0.151. The monoisotopic (exact) mass is 678 g/mol. The summed E-state index contributed by atoms with van der Waals surface area (Å²) in [5.41, 5.74) is 6.56. The van der Waals surface area contributed by atoms with E-state index in [-0.39, 0.29) is 11.6 Å². The summed E-state index contributed by atoms with van der Waals surface area (Å²) in [5.74, 6) is 1.14. The minimum absolute atomic E-state index is 0.269. The van der Waals surface area contributed by atoms with E-state index in [1.807, 2.05) is 42.5 Å². The van der Waals surface area contributed by atoms with E-state index in [0.717, 1.165) is 54.4 Å². The van der Waals surface area contributed by atoms with Crippen LogP contribution in [0.25, 0.3) is 27.6 Å². The van der Waals surface area contributed by atoms with E-state index in [1.54, 1.807) is 30.5 Å². The molecule has 6 aromatic rings. The second-order valence-corrected chi connectivity index (χ2v) is 12.4. The Bertz CT molecular complexity index is 2190. The molecule has 12 nitrogen and oxygen atoms in total. The molecule has 4 N–H and O–H groups in total. The van der Waals surface area contributed by atoms with Gasteiger partial charge in [0.25, 0.3) is 5.91 Å². The van der Waals surface area contributed by atoms with Gasteiger partial charge in [-0.2, -0.15) is 0 Å². The van der Waals surface area contributed by atoms with Gasteiger partial charge >= 0.3 is 5.69 Å². The van der Waals surface area contributed by atoms with Crippen molar-refractivity contribution in [2.45, 2.75) is 39.0 Å². The predicted octanol–water partition coefficient (Wildman–Crippen LogP) is 6.09. The Hall–Kier alpha value is -5.30. The van der Waals surface area contributed by atoms with E-state index in [2.05, 4.69) is 43.2 Å². The van der Waals surface area contributed by atoms with Gasteiger partial charge in [0, 0.05) is 43.2 Å². The Morgan fingerprint density at radius 1 is 1.04 bits per heavy atom. The normalized spacial score (nSPS) is 16.0. The molecule has 2 aliphatic heterocycles. The fourth-order valence-electron chi connectivity index (χ4n) is 5.56. The van der Waals surface area contributed by atoms with E-state index in [0.29, 0.717) is 52.4 Å². The number of carbonyl (C=O) groups excluding carboxylic acids is 1. The number of rotatable bonds is 8. The minimum Gasteiger partial charge on any atom is -0.471 e. The smallest absolute Gasteiger partial charge is 0.323 e. The number of imidazole rings is 2. The Labute approximate surface area is 286 Å². The van der Waals surface area contributed by atoms with Crippen molar-refractivity contribution in [2.75, 3.05) is 25.0 Å². The van der Waals surface area contributed by atoms with E-state index >= 15 is 0 Å². The molecule has 4 aromatic heterocycles. The molecule has 0 aliphatic carbocycles. The molecule has 1 atom stereocenters. The number of anilines is 1. The van der Waals surface area contributed by atoms with Gasteiger partial charge in [-0.3, -0.25) is 14.7 Å². The number of pyridine rings is 2. The molecular formula is C36H35ClN8O4. The minimum atomic E-state index is -0.309. The van der Waals surface area contributed by atoms with Gasteiger partial charge in [0.1, 0.15) is 12.4 Å². The fourth-order valence-corrected chi connectivity index (χ4v) is 5.67. The molecule has 250 valence electrons. The van der Waals surface area contributed by atoms with Crippen molar-refractivity contribution in [3.8, 4) is 5.88 Å². The number of H-pyrrole nitrogens is 3. The lowest BCUT2D eigenvalue weighted by atomic mass is 10.0. The third-order valence-electron chi connectivity index (χ3n) is 8.37. The first-order valence-corrected chi connectivity index (χ1v) is 16.5. The van der Waals surface area contributed by atoms with Crippen LogP contribution in [0.4, 0.5) is 5.69 Å². The lowest BCUT2D eigenvalue weighted by Gasteiger charge is -2.25. The highest BCUT2D eigenvalue weighted by atomic mass is 35.5. The summed E-state index contributed by atoms with van der Waals surface area (Å²) in [5, 5.41) is 3.51. The highest BCUT2D eigenvalue weighted by Crippen LogP contribution is 2.25. The zero-order chi connectivity index (χ0) is 33.7. The molecule has 8 rings (SSSR count). The molecule has 0 saturated carbocycles. The maximum Gasteiger partial charge on any atom is 0.323 e. The topological polar surface area (TPSA) is 154 Å². The summed E-state index contributed by atoms with van der Waals surface area (Å²) in [6.07, 6.45) is 6.49. The molecule has 0 unspecified atom stereocenters. The van der Waals surface area contributed by atoms with Gasteiger partial charge in [0.05, 0.1) is 51.1 Å². The number of benzene rings is 2. The standard InChI is InChI=1S/C32H27ClN8O3.C4H8O/c33-21-5-6-23(34-16-21)18-44-30-3-1-2-24(38-30)19-10-12-41(13-11-19)17-29-36-25-9-7-22(15-28(25)37-29)35-31(42)20-4-8-26-27(14-20)40-32(43)39-26;1-4-2-3-5-4/h1-10,14-16H,11-13,17-18H2,(H,35,42)(H,36,37)(H2,39,40,43);4H,2-3H2,1H3/t;4-/m.1/s1. The third-order valence-corrected chi connectivity index (χ3v) is 8.59. The SMILES string of the molecule is C[C@@H]1CCO1.O=C(Nc1ccc2nc(CN3CC=C(c4cccc(OCc5ccc(Cl)cn5)n4)CC3)[nH]c2c1)c1ccc2[nH]c(=O)[nH]c2c1. The Morgan fingerprint density at radius 3 is 2.65 bits per heavy atom. The number of halogens is 1. The van der Waals surface area contributed by atoms with Crippen LogP contribution in [-0.4, -0.2) is 66.5 Å².